The van der Waals surface area contributed by atoms with Crippen LogP contribution in [0.4, 0.5) is 0 Å². The second-order valence-electron chi connectivity index (χ2n) is 4.54. The van der Waals surface area contributed by atoms with Crippen LogP contribution in [0.15, 0.2) is 35.4 Å². The zero-order chi connectivity index (χ0) is 14.3. The fourth-order valence-electron chi connectivity index (χ4n) is 2.12. The highest BCUT2D eigenvalue weighted by Crippen LogP contribution is 2.23. The number of hydrogen-bond acceptors (Lipinski definition) is 4. The number of rotatable bonds is 1. The maximum Gasteiger partial charge on any atom is 0.267 e. The number of hydrogen-bond donors (Lipinski definition) is 0. The van der Waals surface area contributed by atoms with Crippen LogP contribution in [0, 0.1) is 11.3 Å². The van der Waals surface area contributed by atoms with Gasteiger partial charge in [-0.05, 0) is 12.1 Å². The lowest BCUT2D eigenvalue weighted by Crippen LogP contribution is -2.20. The lowest BCUT2D eigenvalue weighted by Gasteiger charge is -2.05. The Morgan fingerprint density at radius 1 is 1.25 bits per heavy atom. The van der Waals surface area contributed by atoms with Gasteiger partial charge < -0.3 is 4.57 Å². The summed E-state index contributed by atoms with van der Waals surface area (Å²) < 4.78 is 3.14. The van der Waals surface area contributed by atoms with Crippen LogP contribution in [0.25, 0.3) is 22.3 Å². The van der Waals surface area contributed by atoms with Gasteiger partial charge in [0.1, 0.15) is 11.8 Å². The summed E-state index contributed by atoms with van der Waals surface area (Å²) in [5.74, 6) is 0. The van der Waals surface area contributed by atoms with E-state index in [2.05, 4.69) is 10.1 Å². The van der Waals surface area contributed by atoms with Crippen molar-refractivity contribution in [2.75, 3.05) is 0 Å². The van der Waals surface area contributed by atoms with Crippen LogP contribution in [0.1, 0.15) is 5.56 Å². The minimum Gasteiger partial charge on any atom is -0.334 e. The molecule has 0 amide bonds. The Balaban J connectivity index is 2.27. The number of nitrogens with zero attached hydrogens (tertiary/aromatic N) is 5. The minimum atomic E-state index is -0.302. The van der Waals surface area contributed by atoms with Crippen LogP contribution in [-0.2, 0) is 14.1 Å². The number of nitriles is 1. The van der Waals surface area contributed by atoms with Crippen molar-refractivity contribution < 1.29 is 0 Å². The van der Waals surface area contributed by atoms with Gasteiger partial charge >= 0.3 is 0 Å². The molecule has 0 unspecified atom stereocenters. The molecule has 0 aliphatic rings. The standard InChI is InChI=1S/C14H11N5O/c1-18-8-16-11-5-9(3-4-12(11)18)14-10(7-15)6-13(20)19(2)17-14/h3-6,8H,1-2H3. The van der Waals surface area contributed by atoms with Crippen molar-refractivity contribution in [3.8, 4) is 17.3 Å². The molecule has 98 valence electrons. The van der Waals surface area contributed by atoms with E-state index < -0.39 is 0 Å². The third kappa shape index (κ3) is 1.77. The number of imidazole rings is 1. The molecule has 0 radical (unpaired) electrons. The molecule has 0 spiro atoms. The van der Waals surface area contributed by atoms with Gasteiger partial charge in [0.25, 0.3) is 5.56 Å². The lowest BCUT2D eigenvalue weighted by molar-refractivity contribution is 0.710. The van der Waals surface area contributed by atoms with Gasteiger partial charge in [-0.1, -0.05) is 6.07 Å². The second-order valence-corrected chi connectivity index (χ2v) is 4.54. The summed E-state index contributed by atoms with van der Waals surface area (Å²) in [6.45, 7) is 0. The Labute approximate surface area is 114 Å². The number of aryl methyl sites for hydroxylation is 2. The normalized spacial score (nSPS) is 10.7. The van der Waals surface area contributed by atoms with E-state index in [4.69, 9.17) is 5.26 Å². The zero-order valence-electron chi connectivity index (χ0n) is 11.0. The van der Waals surface area contributed by atoms with Crippen LogP contribution in [-0.4, -0.2) is 19.3 Å². The van der Waals surface area contributed by atoms with Crippen molar-refractivity contribution in [3.05, 3.63) is 46.5 Å². The summed E-state index contributed by atoms with van der Waals surface area (Å²) in [7, 11) is 3.48. The Kier molecular flexibility index (Phi) is 2.61. The van der Waals surface area contributed by atoms with Crippen molar-refractivity contribution in [2.24, 2.45) is 14.1 Å². The van der Waals surface area contributed by atoms with E-state index in [1.54, 1.807) is 13.4 Å². The molecule has 0 fully saturated rings. The fourth-order valence-corrected chi connectivity index (χ4v) is 2.12. The van der Waals surface area contributed by atoms with Gasteiger partial charge in [-0.15, -0.1) is 0 Å². The van der Waals surface area contributed by atoms with E-state index in [1.807, 2.05) is 35.9 Å². The van der Waals surface area contributed by atoms with Crippen LogP contribution in [0.5, 0.6) is 0 Å². The molecule has 0 saturated heterocycles. The first-order valence-corrected chi connectivity index (χ1v) is 6.00. The third-order valence-corrected chi connectivity index (χ3v) is 3.21. The molecule has 0 N–H and O–H groups in total. The van der Waals surface area contributed by atoms with Crippen LogP contribution in [0.2, 0.25) is 0 Å². The predicted molar refractivity (Wildman–Crippen MR) is 73.9 cm³/mol. The summed E-state index contributed by atoms with van der Waals surface area (Å²) in [6.07, 6.45) is 1.73. The van der Waals surface area contributed by atoms with Gasteiger partial charge in [0.05, 0.1) is 22.9 Å². The summed E-state index contributed by atoms with van der Waals surface area (Å²) in [6, 6.07) is 8.97. The highest BCUT2D eigenvalue weighted by Gasteiger charge is 2.11. The monoisotopic (exact) mass is 265 g/mol. The van der Waals surface area contributed by atoms with Gasteiger partial charge in [-0.25, -0.2) is 9.67 Å². The zero-order valence-corrected chi connectivity index (χ0v) is 11.0. The molecule has 2 heterocycles. The van der Waals surface area contributed by atoms with Crippen LogP contribution < -0.4 is 5.56 Å². The maximum absolute atomic E-state index is 11.5. The Morgan fingerprint density at radius 2 is 2.05 bits per heavy atom. The first kappa shape index (κ1) is 12.1. The molecule has 0 aliphatic heterocycles. The van der Waals surface area contributed by atoms with Gasteiger partial charge in [-0.2, -0.15) is 10.4 Å². The van der Waals surface area contributed by atoms with Gasteiger partial charge in [0.2, 0.25) is 0 Å². The van der Waals surface area contributed by atoms with Crippen LogP contribution in [0.3, 0.4) is 0 Å². The summed E-state index contributed by atoms with van der Waals surface area (Å²) in [5.41, 5.74) is 3.04. The SMILES string of the molecule is Cn1nc(-c2ccc3c(c2)ncn3C)c(C#N)cc1=O. The molecule has 3 rings (SSSR count). The molecule has 0 bridgehead atoms. The number of fused-ring (bicyclic) bond motifs is 1. The average Bonchev–Trinajstić information content (AvgIpc) is 2.82. The Bertz CT molecular complexity index is 913. The smallest absolute Gasteiger partial charge is 0.267 e. The fraction of sp³-hybridized carbons (Fsp3) is 0.143. The molecule has 0 aliphatic carbocycles. The molecule has 1 aromatic carbocycles. The van der Waals surface area contributed by atoms with Gasteiger partial charge in [0, 0.05) is 25.7 Å². The van der Waals surface area contributed by atoms with E-state index in [0.717, 1.165) is 16.6 Å². The van der Waals surface area contributed by atoms with E-state index in [-0.39, 0.29) is 11.1 Å². The molecule has 2 aromatic heterocycles. The van der Waals surface area contributed by atoms with Crippen molar-refractivity contribution in [2.45, 2.75) is 0 Å². The van der Waals surface area contributed by atoms with Crippen molar-refractivity contribution >= 4 is 11.0 Å². The highest BCUT2D eigenvalue weighted by molar-refractivity contribution is 5.82. The predicted octanol–water partition coefficient (Wildman–Crippen LogP) is 1.21. The summed E-state index contributed by atoms with van der Waals surface area (Å²) in [4.78, 5) is 15.8. The molecule has 0 saturated carbocycles. The van der Waals surface area contributed by atoms with E-state index in [0.29, 0.717) is 5.69 Å². The van der Waals surface area contributed by atoms with Crippen molar-refractivity contribution in [1.29, 1.82) is 5.26 Å². The first-order valence-electron chi connectivity index (χ1n) is 6.00. The summed E-state index contributed by atoms with van der Waals surface area (Å²) in [5, 5.41) is 13.3. The van der Waals surface area contributed by atoms with Crippen molar-refractivity contribution in [1.82, 2.24) is 19.3 Å². The highest BCUT2D eigenvalue weighted by atomic mass is 16.1. The minimum absolute atomic E-state index is 0.267. The Morgan fingerprint density at radius 3 is 2.80 bits per heavy atom. The lowest BCUT2D eigenvalue weighted by atomic mass is 10.1. The molecule has 3 aromatic rings. The Hall–Kier alpha value is -2.94. The molecular weight excluding hydrogens is 254 g/mol. The average molecular weight is 265 g/mol. The van der Waals surface area contributed by atoms with E-state index >= 15 is 0 Å². The summed E-state index contributed by atoms with van der Waals surface area (Å²) >= 11 is 0. The van der Waals surface area contributed by atoms with Crippen molar-refractivity contribution in [3.63, 3.8) is 0 Å². The van der Waals surface area contributed by atoms with Gasteiger partial charge in [0.15, 0.2) is 0 Å². The molecule has 6 nitrogen and oxygen atoms in total. The topological polar surface area (TPSA) is 76.5 Å². The van der Waals surface area contributed by atoms with Gasteiger partial charge in [-0.3, -0.25) is 4.79 Å². The van der Waals surface area contributed by atoms with Crippen LogP contribution >= 0.6 is 0 Å². The number of benzene rings is 1. The van der Waals surface area contributed by atoms with E-state index in [1.165, 1.54) is 10.7 Å². The first-order chi connectivity index (χ1) is 9.60. The third-order valence-electron chi connectivity index (χ3n) is 3.21. The largest absolute Gasteiger partial charge is 0.334 e. The molecule has 0 atom stereocenters. The maximum atomic E-state index is 11.5. The quantitative estimate of drug-likeness (QED) is 0.662. The molecule has 20 heavy (non-hydrogen) atoms. The molecular formula is C14H11N5O. The van der Waals surface area contributed by atoms with E-state index in [9.17, 15) is 4.79 Å². The number of aromatic nitrogens is 4. The molecule has 6 heteroatoms. The second kappa shape index (κ2) is 4.31.